The summed E-state index contributed by atoms with van der Waals surface area (Å²) in [6.45, 7) is 0. The molecule has 0 spiro atoms. The largest absolute Gasteiger partial charge is 0.497 e. The van der Waals surface area contributed by atoms with Crippen LogP contribution in [0.4, 0.5) is 14.5 Å². The van der Waals surface area contributed by atoms with Gasteiger partial charge in [-0.15, -0.1) is 0 Å². The Labute approximate surface area is 176 Å². The number of carbonyl (C=O) groups is 2. The van der Waals surface area contributed by atoms with Gasteiger partial charge >= 0.3 is 5.97 Å². The average molecular weight is 432 g/mol. The Morgan fingerprint density at radius 2 is 1.60 bits per heavy atom. The quantitative estimate of drug-likeness (QED) is 0.432. The molecule has 0 aromatic heterocycles. The highest BCUT2D eigenvalue weighted by atomic mass is 35.5. The number of hydrogen-bond acceptors (Lipinski definition) is 4. The minimum Gasteiger partial charge on any atom is -0.497 e. The van der Waals surface area contributed by atoms with Gasteiger partial charge in [0.15, 0.2) is 11.6 Å². The zero-order chi connectivity index (χ0) is 21.7. The van der Waals surface area contributed by atoms with Crippen molar-refractivity contribution in [3.05, 3.63) is 94.5 Å². The molecular weight excluding hydrogens is 416 g/mol. The monoisotopic (exact) mass is 431 g/mol. The van der Waals surface area contributed by atoms with Gasteiger partial charge < -0.3 is 14.8 Å². The summed E-state index contributed by atoms with van der Waals surface area (Å²) in [5.74, 6) is -3.57. The van der Waals surface area contributed by atoms with E-state index >= 15 is 0 Å². The molecule has 0 saturated heterocycles. The van der Waals surface area contributed by atoms with Crippen LogP contribution in [0.25, 0.3) is 0 Å². The summed E-state index contributed by atoms with van der Waals surface area (Å²) in [7, 11) is 1.52. The molecule has 3 aromatic carbocycles. The first-order valence-electron chi connectivity index (χ1n) is 8.74. The van der Waals surface area contributed by atoms with Gasteiger partial charge in [-0.3, -0.25) is 4.79 Å². The van der Waals surface area contributed by atoms with E-state index < -0.39 is 35.2 Å². The molecule has 0 heterocycles. The Kier molecular flexibility index (Phi) is 6.64. The smallest absolute Gasteiger partial charge is 0.340 e. The molecule has 0 aliphatic rings. The number of hydrogen-bond donors (Lipinski definition) is 1. The highest BCUT2D eigenvalue weighted by molar-refractivity contribution is 6.33. The Balaban J connectivity index is 1.86. The van der Waals surface area contributed by atoms with Gasteiger partial charge in [0.2, 0.25) is 6.10 Å². The second-order valence-electron chi connectivity index (χ2n) is 6.16. The lowest BCUT2D eigenvalue weighted by Gasteiger charge is -2.18. The van der Waals surface area contributed by atoms with Crippen LogP contribution in [-0.2, 0) is 9.53 Å². The number of halogens is 3. The Hall–Kier alpha value is -3.45. The van der Waals surface area contributed by atoms with Crippen molar-refractivity contribution in [2.45, 2.75) is 6.10 Å². The summed E-state index contributed by atoms with van der Waals surface area (Å²) in [6.07, 6.45) is -1.36. The number of carbonyl (C=O) groups excluding carboxylic acids is 2. The summed E-state index contributed by atoms with van der Waals surface area (Å²) in [4.78, 5) is 25.4. The van der Waals surface area contributed by atoms with Gasteiger partial charge in [0.05, 0.1) is 17.7 Å². The zero-order valence-electron chi connectivity index (χ0n) is 15.7. The predicted molar refractivity (Wildman–Crippen MR) is 108 cm³/mol. The van der Waals surface area contributed by atoms with Crippen LogP contribution >= 0.6 is 11.6 Å². The van der Waals surface area contributed by atoms with Gasteiger partial charge in [-0.05, 0) is 36.4 Å². The van der Waals surface area contributed by atoms with Gasteiger partial charge in [-0.1, -0.05) is 41.9 Å². The van der Waals surface area contributed by atoms with Crippen LogP contribution in [0.15, 0.2) is 66.7 Å². The highest BCUT2D eigenvalue weighted by Crippen LogP contribution is 2.26. The third-order valence-corrected chi connectivity index (χ3v) is 4.47. The fraction of sp³-hybridized carbons (Fsp3) is 0.0909. The molecule has 0 aliphatic carbocycles. The van der Waals surface area contributed by atoms with Gasteiger partial charge in [-0.25, -0.2) is 13.6 Å². The number of anilines is 1. The summed E-state index contributed by atoms with van der Waals surface area (Å²) in [6, 6.07) is 16.1. The lowest BCUT2D eigenvalue weighted by atomic mass is 10.1. The molecule has 3 aromatic rings. The maximum Gasteiger partial charge on any atom is 0.340 e. The molecule has 0 bridgehead atoms. The van der Waals surface area contributed by atoms with Crippen LogP contribution in [0.2, 0.25) is 5.02 Å². The van der Waals surface area contributed by atoms with E-state index in [1.54, 1.807) is 54.6 Å². The van der Waals surface area contributed by atoms with Crippen molar-refractivity contribution < 1.29 is 27.8 Å². The van der Waals surface area contributed by atoms with Crippen molar-refractivity contribution in [3.63, 3.8) is 0 Å². The van der Waals surface area contributed by atoms with Crippen LogP contribution < -0.4 is 10.1 Å². The number of nitrogens with one attached hydrogen (secondary N) is 1. The fourth-order valence-corrected chi connectivity index (χ4v) is 2.86. The number of rotatable bonds is 6. The van der Waals surface area contributed by atoms with E-state index in [0.29, 0.717) is 29.1 Å². The molecule has 154 valence electrons. The molecule has 0 fully saturated rings. The Bertz CT molecular complexity index is 1060. The number of amides is 1. The van der Waals surface area contributed by atoms with Crippen LogP contribution in [0, 0.1) is 11.6 Å². The van der Waals surface area contributed by atoms with E-state index in [4.69, 9.17) is 21.1 Å². The van der Waals surface area contributed by atoms with E-state index in [0.717, 1.165) is 0 Å². The molecule has 1 N–H and O–H groups in total. The molecule has 1 atom stereocenters. The van der Waals surface area contributed by atoms with Gasteiger partial charge in [0.1, 0.15) is 5.75 Å². The Morgan fingerprint density at radius 1 is 0.967 bits per heavy atom. The van der Waals surface area contributed by atoms with Crippen molar-refractivity contribution in [2.75, 3.05) is 12.4 Å². The first-order valence-corrected chi connectivity index (χ1v) is 9.12. The van der Waals surface area contributed by atoms with E-state index in [2.05, 4.69) is 5.32 Å². The molecule has 1 unspecified atom stereocenters. The first-order chi connectivity index (χ1) is 14.4. The number of ether oxygens (including phenoxy) is 2. The summed E-state index contributed by atoms with van der Waals surface area (Å²) in [5.41, 5.74) is 0.438. The molecule has 1 amide bonds. The number of benzene rings is 3. The van der Waals surface area contributed by atoms with E-state index in [9.17, 15) is 18.4 Å². The van der Waals surface area contributed by atoms with Crippen molar-refractivity contribution >= 4 is 29.2 Å². The lowest BCUT2D eigenvalue weighted by molar-refractivity contribution is -0.125. The number of methoxy groups -OCH3 is 1. The first kappa shape index (κ1) is 21.3. The predicted octanol–water partition coefficient (Wildman–Crippen LogP) is 5.16. The highest BCUT2D eigenvalue weighted by Gasteiger charge is 2.27. The third kappa shape index (κ3) is 4.93. The summed E-state index contributed by atoms with van der Waals surface area (Å²) >= 11 is 5.84. The van der Waals surface area contributed by atoms with Crippen LogP contribution in [0.5, 0.6) is 5.75 Å². The SMILES string of the molecule is COc1ccc(NC(=O)C(OC(=O)c2cc(F)c(F)cc2Cl)c2ccccc2)cc1. The van der Waals surface area contributed by atoms with Crippen LogP contribution in [-0.4, -0.2) is 19.0 Å². The maximum absolute atomic E-state index is 13.6. The van der Waals surface area contributed by atoms with Gasteiger partial charge in [0, 0.05) is 11.3 Å². The van der Waals surface area contributed by atoms with E-state index in [1.165, 1.54) is 7.11 Å². The molecular formula is C22H16ClF2NO4. The molecule has 0 saturated carbocycles. The summed E-state index contributed by atoms with van der Waals surface area (Å²) < 4.78 is 37.2. The molecule has 30 heavy (non-hydrogen) atoms. The average Bonchev–Trinajstić information content (AvgIpc) is 2.75. The molecule has 8 heteroatoms. The second-order valence-corrected chi connectivity index (χ2v) is 6.57. The normalized spacial score (nSPS) is 11.5. The van der Waals surface area contributed by atoms with E-state index in [-0.39, 0.29) is 5.02 Å². The fourth-order valence-electron chi connectivity index (χ4n) is 2.63. The van der Waals surface area contributed by atoms with Crippen molar-refractivity contribution in [1.29, 1.82) is 0 Å². The molecule has 5 nitrogen and oxygen atoms in total. The minimum atomic E-state index is -1.36. The Morgan fingerprint density at radius 3 is 2.23 bits per heavy atom. The van der Waals surface area contributed by atoms with Crippen LogP contribution in [0.3, 0.4) is 0 Å². The van der Waals surface area contributed by atoms with Crippen molar-refractivity contribution in [2.24, 2.45) is 0 Å². The molecule has 3 rings (SSSR count). The third-order valence-electron chi connectivity index (χ3n) is 4.15. The van der Waals surface area contributed by atoms with Gasteiger partial charge in [0.25, 0.3) is 5.91 Å². The lowest BCUT2D eigenvalue weighted by Crippen LogP contribution is -2.26. The topological polar surface area (TPSA) is 64.6 Å². The summed E-state index contributed by atoms with van der Waals surface area (Å²) in [5, 5.41) is 2.31. The van der Waals surface area contributed by atoms with Crippen molar-refractivity contribution in [3.8, 4) is 5.75 Å². The molecule has 0 radical (unpaired) electrons. The second kappa shape index (κ2) is 9.37. The maximum atomic E-state index is 13.6. The number of esters is 1. The zero-order valence-corrected chi connectivity index (χ0v) is 16.5. The van der Waals surface area contributed by atoms with Crippen LogP contribution in [0.1, 0.15) is 22.0 Å². The standard InChI is InChI=1S/C22H16ClF2NO4/c1-29-15-9-7-14(8-10-15)26-21(27)20(13-5-3-2-4-6-13)30-22(28)16-11-18(24)19(25)12-17(16)23/h2-12,20H,1H3,(H,26,27). The minimum absolute atomic E-state index is 0.332. The van der Waals surface area contributed by atoms with E-state index in [1.807, 2.05) is 0 Å². The molecule has 0 aliphatic heterocycles. The van der Waals surface area contributed by atoms with Crippen molar-refractivity contribution in [1.82, 2.24) is 0 Å². The van der Waals surface area contributed by atoms with Gasteiger partial charge in [-0.2, -0.15) is 0 Å².